The third-order valence-corrected chi connectivity index (χ3v) is 4.68. The Kier molecular flexibility index (Phi) is 4.44. The highest BCUT2D eigenvalue weighted by Crippen LogP contribution is 2.30. The molecule has 0 bridgehead atoms. The molecule has 0 saturated carbocycles. The number of benzene rings is 1. The molecule has 98 valence electrons. The Bertz CT molecular complexity index is 396. The fourth-order valence-corrected chi connectivity index (χ4v) is 3.29. The van der Waals surface area contributed by atoms with Crippen molar-refractivity contribution in [3.05, 3.63) is 35.9 Å². The first-order valence-electron chi connectivity index (χ1n) is 6.62. The second-order valence-electron chi connectivity index (χ2n) is 5.15. The molecule has 1 fully saturated rings. The van der Waals surface area contributed by atoms with Gasteiger partial charge in [-0.3, -0.25) is 4.79 Å². The van der Waals surface area contributed by atoms with Crippen LogP contribution in [0.4, 0.5) is 0 Å². The van der Waals surface area contributed by atoms with E-state index in [9.17, 15) is 4.79 Å². The van der Waals surface area contributed by atoms with Crippen LogP contribution in [0, 0.1) is 0 Å². The summed E-state index contributed by atoms with van der Waals surface area (Å²) >= 11 is 3.55. The van der Waals surface area contributed by atoms with E-state index >= 15 is 0 Å². The zero-order chi connectivity index (χ0) is 13.1. The molecule has 1 heterocycles. The zero-order valence-electron chi connectivity index (χ0n) is 11.0. The molecule has 2 rings (SSSR count). The van der Waals surface area contributed by atoms with E-state index in [1.165, 1.54) is 6.42 Å². The van der Waals surface area contributed by atoms with Crippen molar-refractivity contribution in [3.63, 3.8) is 0 Å². The van der Waals surface area contributed by atoms with Crippen molar-refractivity contribution >= 4 is 21.8 Å². The second kappa shape index (κ2) is 5.87. The molecule has 0 N–H and O–H groups in total. The first-order valence-corrected chi connectivity index (χ1v) is 7.54. The predicted molar refractivity (Wildman–Crippen MR) is 77.7 cm³/mol. The van der Waals surface area contributed by atoms with Crippen molar-refractivity contribution in [2.75, 3.05) is 0 Å². The van der Waals surface area contributed by atoms with E-state index in [-0.39, 0.29) is 10.7 Å². The Morgan fingerprint density at radius 1 is 1.22 bits per heavy atom. The van der Waals surface area contributed by atoms with E-state index in [1.807, 2.05) is 30.3 Å². The summed E-state index contributed by atoms with van der Waals surface area (Å²) < 4.78 is 0. The number of carbonyl (C=O) groups is 1. The van der Waals surface area contributed by atoms with Crippen LogP contribution in [0.1, 0.15) is 43.5 Å². The number of alkyl halides is 1. The van der Waals surface area contributed by atoms with Crippen molar-refractivity contribution < 1.29 is 4.79 Å². The summed E-state index contributed by atoms with van der Waals surface area (Å²) in [4.78, 5) is 14.4. The summed E-state index contributed by atoms with van der Waals surface area (Å²) in [7, 11) is 0. The number of carbonyl (C=O) groups excluding carboxylic acids is 1. The predicted octanol–water partition coefficient (Wildman–Crippen LogP) is 3.91. The lowest BCUT2D eigenvalue weighted by Crippen LogP contribution is -2.48. The lowest BCUT2D eigenvalue weighted by molar-refractivity contribution is -0.136. The fourth-order valence-electron chi connectivity index (χ4n) is 2.75. The Morgan fingerprint density at radius 2 is 1.78 bits per heavy atom. The molecule has 18 heavy (non-hydrogen) atoms. The zero-order valence-corrected chi connectivity index (χ0v) is 12.6. The third kappa shape index (κ3) is 2.77. The molecule has 0 spiro atoms. The van der Waals surface area contributed by atoms with Gasteiger partial charge in [-0.1, -0.05) is 46.3 Å². The lowest BCUT2D eigenvalue weighted by Gasteiger charge is -2.40. The minimum absolute atomic E-state index is 0.195. The summed E-state index contributed by atoms with van der Waals surface area (Å²) in [5.41, 5.74) is 1.03. The van der Waals surface area contributed by atoms with Gasteiger partial charge in [0.25, 0.3) is 0 Å². The standard InChI is InChI=1S/C15H20BrNO/c1-11-7-6-8-12(2)17(11)15(18)14(16)13-9-4-3-5-10-13/h3-5,9-12,14H,6-8H2,1-2H3. The SMILES string of the molecule is CC1CCCC(C)N1C(=O)C(Br)c1ccccc1. The fraction of sp³-hybridized carbons (Fsp3) is 0.533. The molecule has 1 aliphatic heterocycles. The Balaban J connectivity index is 2.15. The molecule has 3 unspecified atom stereocenters. The van der Waals surface area contributed by atoms with Crippen LogP contribution in [0.3, 0.4) is 0 Å². The van der Waals surface area contributed by atoms with Gasteiger partial charge < -0.3 is 4.90 Å². The quantitative estimate of drug-likeness (QED) is 0.758. The van der Waals surface area contributed by atoms with Gasteiger partial charge >= 0.3 is 0 Å². The number of amides is 1. The summed E-state index contributed by atoms with van der Waals surface area (Å²) in [5.74, 6) is 0.195. The molecule has 1 aliphatic rings. The Hall–Kier alpha value is -0.830. The number of nitrogens with zero attached hydrogens (tertiary/aromatic N) is 1. The van der Waals surface area contributed by atoms with E-state index in [0.717, 1.165) is 18.4 Å². The summed E-state index contributed by atoms with van der Waals surface area (Å²) in [6.07, 6.45) is 3.46. The largest absolute Gasteiger partial charge is 0.336 e. The van der Waals surface area contributed by atoms with Crippen LogP contribution in [0.5, 0.6) is 0 Å². The van der Waals surface area contributed by atoms with Gasteiger partial charge in [-0.2, -0.15) is 0 Å². The van der Waals surface area contributed by atoms with Gasteiger partial charge in [-0.25, -0.2) is 0 Å². The highest BCUT2D eigenvalue weighted by Gasteiger charge is 2.32. The molecular formula is C15H20BrNO. The summed E-state index contributed by atoms with van der Waals surface area (Å²) in [6.45, 7) is 4.30. The lowest BCUT2D eigenvalue weighted by atomic mass is 9.96. The second-order valence-corrected chi connectivity index (χ2v) is 6.06. The average molecular weight is 310 g/mol. The number of hydrogen-bond donors (Lipinski definition) is 0. The maximum absolute atomic E-state index is 12.6. The van der Waals surface area contributed by atoms with E-state index in [1.54, 1.807) is 0 Å². The number of likely N-dealkylation sites (tertiary alicyclic amines) is 1. The third-order valence-electron chi connectivity index (χ3n) is 3.76. The van der Waals surface area contributed by atoms with Crippen LogP contribution in [0.2, 0.25) is 0 Å². The van der Waals surface area contributed by atoms with Gasteiger partial charge in [0.15, 0.2) is 0 Å². The van der Waals surface area contributed by atoms with E-state index in [0.29, 0.717) is 12.1 Å². The summed E-state index contributed by atoms with van der Waals surface area (Å²) in [6, 6.07) is 10.6. The number of hydrogen-bond acceptors (Lipinski definition) is 1. The molecule has 0 radical (unpaired) electrons. The Labute approximate surface area is 117 Å². The van der Waals surface area contributed by atoms with Crippen LogP contribution >= 0.6 is 15.9 Å². The van der Waals surface area contributed by atoms with E-state index in [4.69, 9.17) is 0 Å². The van der Waals surface area contributed by atoms with Crippen LogP contribution in [-0.4, -0.2) is 22.9 Å². The minimum Gasteiger partial charge on any atom is -0.336 e. The first kappa shape index (κ1) is 13.6. The van der Waals surface area contributed by atoms with Gasteiger partial charge in [-0.05, 0) is 38.7 Å². The molecule has 1 amide bonds. The van der Waals surface area contributed by atoms with Crippen molar-refractivity contribution in [2.45, 2.75) is 50.0 Å². The van der Waals surface area contributed by atoms with Crippen LogP contribution < -0.4 is 0 Å². The van der Waals surface area contributed by atoms with Gasteiger partial charge in [0.2, 0.25) is 5.91 Å². The normalized spacial score (nSPS) is 25.8. The Morgan fingerprint density at radius 3 is 2.33 bits per heavy atom. The van der Waals surface area contributed by atoms with Crippen molar-refractivity contribution in [3.8, 4) is 0 Å². The molecule has 3 atom stereocenters. The van der Waals surface area contributed by atoms with E-state index < -0.39 is 0 Å². The van der Waals surface area contributed by atoms with Crippen molar-refractivity contribution in [1.29, 1.82) is 0 Å². The molecule has 2 nitrogen and oxygen atoms in total. The van der Waals surface area contributed by atoms with Crippen molar-refractivity contribution in [2.24, 2.45) is 0 Å². The molecule has 0 aromatic heterocycles. The van der Waals surface area contributed by atoms with Crippen LogP contribution in [-0.2, 0) is 4.79 Å². The molecular weight excluding hydrogens is 290 g/mol. The highest BCUT2D eigenvalue weighted by atomic mass is 79.9. The monoisotopic (exact) mass is 309 g/mol. The van der Waals surface area contributed by atoms with Crippen LogP contribution in [0.25, 0.3) is 0 Å². The molecule has 1 aromatic rings. The van der Waals surface area contributed by atoms with Crippen LogP contribution in [0.15, 0.2) is 30.3 Å². The highest BCUT2D eigenvalue weighted by molar-refractivity contribution is 9.09. The molecule has 3 heteroatoms. The number of rotatable bonds is 2. The van der Waals surface area contributed by atoms with Crippen molar-refractivity contribution in [1.82, 2.24) is 4.90 Å². The maximum atomic E-state index is 12.6. The first-order chi connectivity index (χ1) is 8.61. The topological polar surface area (TPSA) is 20.3 Å². The van der Waals surface area contributed by atoms with E-state index in [2.05, 4.69) is 34.7 Å². The van der Waals surface area contributed by atoms with Gasteiger partial charge in [0, 0.05) is 12.1 Å². The van der Waals surface area contributed by atoms with Gasteiger partial charge in [0.05, 0.1) is 0 Å². The maximum Gasteiger partial charge on any atom is 0.241 e. The summed E-state index contributed by atoms with van der Waals surface area (Å²) in [5, 5.41) is 0. The number of halogens is 1. The molecule has 1 saturated heterocycles. The van der Waals surface area contributed by atoms with Gasteiger partial charge in [-0.15, -0.1) is 0 Å². The smallest absolute Gasteiger partial charge is 0.241 e. The van der Waals surface area contributed by atoms with Gasteiger partial charge in [0.1, 0.15) is 4.83 Å². The molecule has 0 aliphatic carbocycles. The average Bonchev–Trinajstić information content (AvgIpc) is 2.38. The number of piperidine rings is 1. The minimum atomic E-state index is -0.221. The molecule has 1 aromatic carbocycles.